The van der Waals surface area contributed by atoms with E-state index in [0.717, 1.165) is 19.4 Å². The van der Waals surface area contributed by atoms with Gasteiger partial charge in [-0.15, -0.1) is 35.3 Å². The molecule has 0 bridgehead atoms. The summed E-state index contributed by atoms with van der Waals surface area (Å²) in [6, 6.07) is 14.3. The Kier molecular flexibility index (Phi) is 13.2. The van der Waals surface area contributed by atoms with Crippen LogP contribution in [0.3, 0.4) is 0 Å². The van der Waals surface area contributed by atoms with Gasteiger partial charge in [0, 0.05) is 24.6 Å². The molecule has 0 aliphatic carbocycles. The quantitative estimate of drug-likeness (QED) is 0.208. The number of hydrogen-bond acceptors (Lipinski definition) is 4. The van der Waals surface area contributed by atoms with Crippen molar-refractivity contribution in [2.24, 2.45) is 10.7 Å². The number of benzene rings is 1. The summed E-state index contributed by atoms with van der Waals surface area (Å²) in [6.45, 7) is 3.98. The molecule has 0 atom stereocenters. The van der Waals surface area contributed by atoms with Gasteiger partial charge in [-0.1, -0.05) is 36.4 Å². The molecule has 0 aliphatic heterocycles. The minimum absolute atomic E-state index is 0. The second kappa shape index (κ2) is 15.0. The lowest BCUT2D eigenvalue weighted by Crippen LogP contribution is -2.33. The minimum atomic E-state index is 0. The molecule has 2 aromatic rings. The van der Waals surface area contributed by atoms with E-state index in [1.807, 2.05) is 18.2 Å². The highest BCUT2D eigenvalue weighted by molar-refractivity contribution is 14.0. The summed E-state index contributed by atoms with van der Waals surface area (Å²) in [4.78, 5) is 5.64. The summed E-state index contributed by atoms with van der Waals surface area (Å²) in [5.41, 5.74) is 7.01. The van der Waals surface area contributed by atoms with Gasteiger partial charge in [-0.2, -0.15) is 0 Å². The number of guanidine groups is 1. The predicted octanol–water partition coefficient (Wildman–Crippen LogP) is 3.44. The Morgan fingerprint density at radius 1 is 1.04 bits per heavy atom. The third-order valence-corrected chi connectivity index (χ3v) is 4.41. The first-order valence-corrected chi connectivity index (χ1v) is 9.48. The molecule has 0 saturated carbocycles. The SMILES string of the molecule is I.NC(=NCCCOCCOCc1ccccc1)NCCc1cccs1. The molecule has 1 aromatic carbocycles. The van der Waals surface area contributed by atoms with E-state index in [1.54, 1.807) is 11.3 Å². The number of nitrogens with zero attached hydrogens (tertiary/aromatic N) is 1. The molecule has 3 N–H and O–H groups in total. The number of aliphatic imine (C=N–C) groups is 1. The van der Waals surface area contributed by atoms with Crippen molar-refractivity contribution in [2.75, 3.05) is 32.9 Å². The van der Waals surface area contributed by atoms with Gasteiger partial charge in [0.15, 0.2) is 5.96 Å². The molecule has 0 amide bonds. The zero-order chi connectivity index (χ0) is 17.6. The van der Waals surface area contributed by atoms with Gasteiger partial charge in [-0.3, -0.25) is 4.99 Å². The van der Waals surface area contributed by atoms with Gasteiger partial charge in [0.2, 0.25) is 0 Å². The average Bonchev–Trinajstić information content (AvgIpc) is 3.14. The number of halogens is 1. The van der Waals surface area contributed by atoms with Crippen LogP contribution in [0.5, 0.6) is 0 Å². The van der Waals surface area contributed by atoms with E-state index in [-0.39, 0.29) is 24.0 Å². The maximum atomic E-state index is 5.83. The van der Waals surface area contributed by atoms with Crippen molar-refractivity contribution in [1.82, 2.24) is 5.32 Å². The Hall–Kier alpha value is -1.16. The van der Waals surface area contributed by atoms with Crippen molar-refractivity contribution >= 4 is 41.3 Å². The fourth-order valence-corrected chi connectivity index (χ4v) is 2.88. The lowest BCUT2D eigenvalue weighted by atomic mass is 10.2. The maximum Gasteiger partial charge on any atom is 0.188 e. The summed E-state index contributed by atoms with van der Waals surface area (Å²) >= 11 is 1.76. The van der Waals surface area contributed by atoms with Crippen LogP contribution in [-0.2, 0) is 22.5 Å². The smallest absolute Gasteiger partial charge is 0.188 e. The van der Waals surface area contributed by atoms with Crippen LogP contribution in [0.25, 0.3) is 0 Å². The molecule has 0 radical (unpaired) electrons. The molecule has 0 saturated heterocycles. The van der Waals surface area contributed by atoms with Gasteiger partial charge in [0.1, 0.15) is 0 Å². The van der Waals surface area contributed by atoms with Crippen LogP contribution >= 0.6 is 35.3 Å². The zero-order valence-electron chi connectivity index (χ0n) is 14.9. The molecule has 0 spiro atoms. The van der Waals surface area contributed by atoms with Crippen LogP contribution in [0.1, 0.15) is 16.9 Å². The molecule has 26 heavy (non-hydrogen) atoms. The van der Waals surface area contributed by atoms with Crippen LogP contribution in [0.2, 0.25) is 0 Å². The largest absolute Gasteiger partial charge is 0.379 e. The highest BCUT2D eigenvalue weighted by atomic mass is 127. The first-order valence-electron chi connectivity index (χ1n) is 8.60. The predicted molar refractivity (Wildman–Crippen MR) is 119 cm³/mol. The second-order valence-electron chi connectivity index (χ2n) is 5.53. The summed E-state index contributed by atoms with van der Waals surface area (Å²) in [7, 11) is 0. The topological polar surface area (TPSA) is 68.9 Å². The molecule has 144 valence electrons. The van der Waals surface area contributed by atoms with E-state index >= 15 is 0 Å². The molecule has 5 nitrogen and oxygen atoms in total. The van der Waals surface area contributed by atoms with Crippen LogP contribution in [0.4, 0.5) is 0 Å². The lowest BCUT2D eigenvalue weighted by molar-refractivity contribution is 0.0403. The summed E-state index contributed by atoms with van der Waals surface area (Å²) in [6.07, 6.45) is 1.83. The van der Waals surface area contributed by atoms with Crippen molar-refractivity contribution in [3.63, 3.8) is 0 Å². The van der Waals surface area contributed by atoms with Crippen molar-refractivity contribution in [2.45, 2.75) is 19.4 Å². The molecule has 0 aliphatic rings. The number of rotatable bonds is 12. The zero-order valence-corrected chi connectivity index (χ0v) is 18.1. The molecule has 1 aromatic heterocycles. The number of nitrogens with one attached hydrogen (secondary N) is 1. The van der Waals surface area contributed by atoms with Gasteiger partial charge in [-0.25, -0.2) is 0 Å². The molecule has 7 heteroatoms. The van der Waals surface area contributed by atoms with Crippen molar-refractivity contribution in [3.8, 4) is 0 Å². The summed E-state index contributed by atoms with van der Waals surface area (Å²) in [5.74, 6) is 0.503. The number of nitrogens with two attached hydrogens (primary N) is 1. The fourth-order valence-electron chi connectivity index (χ4n) is 2.17. The van der Waals surface area contributed by atoms with Crippen molar-refractivity contribution < 1.29 is 9.47 Å². The Bertz CT molecular complexity index is 594. The van der Waals surface area contributed by atoms with Crippen LogP contribution in [0, 0.1) is 0 Å². The second-order valence-corrected chi connectivity index (χ2v) is 6.56. The Morgan fingerprint density at radius 2 is 1.85 bits per heavy atom. The molecule has 0 unspecified atom stereocenters. The minimum Gasteiger partial charge on any atom is -0.379 e. The van der Waals surface area contributed by atoms with Gasteiger partial charge < -0.3 is 20.5 Å². The third kappa shape index (κ3) is 10.7. The molecule has 2 rings (SSSR count). The summed E-state index contributed by atoms with van der Waals surface area (Å²) in [5, 5.41) is 5.21. The number of ether oxygens (including phenoxy) is 2. The van der Waals surface area contributed by atoms with Gasteiger partial charge >= 0.3 is 0 Å². The van der Waals surface area contributed by atoms with Crippen molar-refractivity contribution in [3.05, 3.63) is 58.3 Å². The van der Waals surface area contributed by atoms with Crippen molar-refractivity contribution in [1.29, 1.82) is 0 Å². The first-order chi connectivity index (χ1) is 12.3. The average molecular weight is 489 g/mol. The normalized spacial score (nSPS) is 11.2. The van der Waals surface area contributed by atoms with Gasteiger partial charge in [0.25, 0.3) is 0 Å². The van der Waals surface area contributed by atoms with Gasteiger partial charge in [0.05, 0.1) is 19.8 Å². The molecular formula is C19H28IN3O2S. The molecular weight excluding hydrogens is 461 g/mol. The van der Waals surface area contributed by atoms with Crippen LogP contribution < -0.4 is 11.1 Å². The van der Waals surface area contributed by atoms with E-state index in [4.69, 9.17) is 15.2 Å². The van der Waals surface area contributed by atoms with E-state index in [2.05, 4.69) is 40.0 Å². The maximum absolute atomic E-state index is 5.83. The summed E-state index contributed by atoms with van der Waals surface area (Å²) < 4.78 is 11.1. The Balaban J connectivity index is 0.00000338. The number of hydrogen-bond donors (Lipinski definition) is 2. The highest BCUT2D eigenvalue weighted by Crippen LogP contribution is 2.07. The standard InChI is InChI=1S/C19H27N3O2S.HI/c20-19(22-11-9-18-8-4-15-25-18)21-10-5-12-23-13-14-24-16-17-6-2-1-3-7-17;/h1-4,6-8,15H,5,9-14,16H2,(H3,20,21,22);1H. The Labute approximate surface area is 177 Å². The Morgan fingerprint density at radius 3 is 2.62 bits per heavy atom. The van der Waals surface area contributed by atoms with Gasteiger partial charge in [-0.05, 0) is 29.9 Å². The van der Waals surface area contributed by atoms with E-state index in [0.29, 0.717) is 38.9 Å². The van der Waals surface area contributed by atoms with Crippen LogP contribution in [0.15, 0.2) is 52.8 Å². The van der Waals surface area contributed by atoms with E-state index in [9.17, 15) is 0 Å². The number of thiophene rings is 1. The monoisotopic (exact) mass is 489 g/mol. The lowest BCUT2D eigenvalue weighted by Gasteiger charge is -2.06. The molecule has 0 fully saturated rings. The molecule has 1 heterocycles. The van der Waals surface area contributed by atoms with E-state index in [1.165, 1.54) is 10.4 Å². The fraction of sp³-hybridized carbons (Fsp3) is 0.421. The first kappa shape index (κ1) is 22.9. The van der Waals surface area contributed by atoms with E-state index < -0.39 is 0 Å². The highest BCUT2D eigenvalue weighted by Gasteiger charge is 1.96. The van der Waals surface area contributed by atoms with Crippen LogP contribution in [-0.4, -0.2) is 38.9 Å². The third-order valence-electron chi connectivity index (χ3n) is 3.47.